The molecule has 0 aliphatic carbocycles. The molecule has 1 atom stereocenters. The normalized spacial score (nSPS) is 13.7. The van der Waals surface area contributed by atoms with E-state index < -0.39 is 22.2 Å². The summed E-state index contributed by atoms with van der Waals surface area (Å²) in [6.07, 6.45) is 1.45. The lowest BCUT2D eigenvalue weighted by atomic mass is 10.2. The number of rotatable bonds is 11. The van der Waals surface area contributed by atoms with E-state index in [1.54, 1.807) is 0 Å². The molecule has 0 spiro atoms. The highest BCUT2D eigenvalue weighted by Crippen LogP contribution is 2.05. The molecular weight excluding hydrogens is 272 g/mol. The predicted octanol–water partition coefficient (Wildman–Crippen LogP) is 0.433. The maximum Gasteiger partial charge on any atom is 0.321 e. The third-order valence-electron chi connectivity index (χ3n) is 2.49. The molecule has 7 nitrogen and oxygen atoms in total. The van der Waals surface area contributed by atoms with Gasteiger partial charge >= 0.3 is 5.97 Å². The van der Waals surface area contributed by atoms with E-state index in [4.69, 9.17) is 9.84 Å². The maximum atomic E-state index is 12.1. The standard InChI is InChI=1S/C11H24N2O5S/c1-4-7-13(8-5-2)19(16,17)12-10(11(14)15)6-9-18-3/h10,12H,4-9H2,1-3H3,(H,14,15). The number of aliphatic carboxylic acids is 1. The van der Waals surface area contributed by atoms with Gasteiger partial charge in [-0.2, -0.15) is 17.4 Å². The number of nitrogens with zero attached hydrogens (tertiary/aromatic N) is 1. The van der Waals surface area contributed by atoms with Gasteiger partial charge in [-0.25, -0.2) is 0 Å². The zero-order valence-electron chi connectivity index (χ0n) is 11.8. The Morgan fingerprint density at radius 2 is 1.84 bits per heavy atom. The Labute approximate surface area is 115 Å². The lowest BCUT2D eigenvalue weighted by molar-refractivity contribution is -0.139. The highest BCUT2D eigenvalue weighted by Gasteiger charge is 2.27. The van der Waals surface area contributed by atoms with E-state index >= 15 is 0 Å². The van der Waals surface area contributed by atoms with Gasteiger partial charge in [0.2, 0.25) is 0 Å². The molecule has 0 saturated carbocycles. The van der Waals surface area contributed by atoms with E-state index in [0.29, 0.717) is 25.9 Å². The highest BCUT2D eigenvalue weighted by atomic mass is 32.2. The summed E-state index contributed by atoms with van der Waals surface area (Å²) in [4.78, 5) is 11.0. The monoisotopic (exact) mass is 296 g/mol. The summed E-state index contributed by atoms with van der Waals surface area (Å²) in [6, 6.07) is -1.17. The topological polar surface area (TPSA) is 95.9 Å². The number of hydrogen-bond donors (Lipinski definition) is 2. The summed E-state index contributed by atoms with van der Waals surface area (Å²) in [5, 5.41) is 9.00. The van der Waals surface area contributed by atoms with Crippen molar-refractivity contribution in [1.29, 1.82) is 0 Å². The van der Waals surface area contributed by atoms with Crippen LogP contribution >= 0.6 is 0 Å². The average molecular weight is 296 g/mol. The maximum absolute atomic E-state index is 12.1. The summed E-state index contributed by atoms with van der Waals surface area (Å²) >= 11 is 0. The minimum absolute atomic E-state index is 0.0944. The smallest absolute Gasteiger partial charge is 0.321 e. The Hall–Kier alpha value is -0.700. The molecule has 19 heavy (non-hydrogen) atoms. The van der Waals surface area contributed by atoms with Gasteiger partial charge in [0, 0.05) is 26.8 Å². The van der Waals surface area contributed by atoms with E-state index in [-0.39, 0.29) is 13.0 Å². The van der Waals surface area contributed by atoms with Crippen LogP contribution < -0.4 is 4.72 Å². The van der Waals surface area contributed by atoms with Crippen molar-refractivity contribution in [2.75, 3.05) is 26.8 Å². The van der Waals surface area contributed by atoms with Crippen LogP contribution in [0.3, 0.4) is 0 Å². The van der Waals surface area contributed by atoms with Crippen LogP contribution in [-0.2, 0) is 19.7 Å². The van der Waals surface area contributed by atoms with Gasteiger partial charge in [0.25, 0.3) is 10.2 Å². The lowest BCUT2D eigenvalue weighted by Crippen LogP contribution is -2.49. The van der Waals surface area contributed by atoms with Crippen molar-refractivity contribution in [3.05, 3.63) is 0 Å². The Balaban J connectivity index is 4.80. The second-order valence-electron chi connectivity index (χ2n) is 4.19. The Morgan fingerprint density at radius 3 is 2.21 bits per heavy atom. The van der Waals surface area contributed by atoms with Crippen LogP contribution in [0.2, 0.25) is 0 Å². The predicted molar refractivity (Wildman–Crippen MR) is 72.1 cm³/mol. The second-order valence-corrected chi connectivity index (χ2v) is 5.90. The summed E-state index contributed by atoms with van der Waals surface area (Å²) in [7, 11) is -2.34. The minimum Gasteiger partial charge on any atom is -0.480 e. The highest BCUT2D eigenvalue weighted by molar-refractivity contribution is 7.87. The SMILES string of the molecule is CCCN(CCC)S(=O)(=O)NC(CCOC)C(=O)O. The van der Waals surface area contributed by atoms with E-state index in [1.807, 2.05) is 13.8 Å². The molecule has 0 aliphatic heterocycles. The first-order valence-corrected chi connectivity index (χ1v) is 7.82. The molecule has 0 amide bonds. The number of carboxylic acids is 1. The van der Waals surface area contributed by atoms with Crippen molar-refractivity contribution in [2.24, 2.45) is 0 Å². The molecule has 0 aromatic heterocycles. The molecule has 0 heterocycles. The molecule has 8 heteroatoms. The van der Waals surface area contributed by atoms with Gasteiger partial charge in [0.1, 0.15) is 6.04 Å². The number of carboxylic acid groups (broad SMARTS) is 1. The fraction of sp³-hybridized carbons (Fsp3) is 0.909. The van der Waals surface area contributed by atoms with Crippen LogP contribution in [0.25, 0.3) is 0 Å². The molecule has 114 valence electrons. The molecule has 1 unspecified atom stereocenters. The van der Waals surface area contributed by atoms with Gasteiger partial charge in [0.05, 0.1) is 0 Å². The molecular formula is C11H24N2O5S. The lowest BCUT2D eigenvalue weighted by Gasteiger charge is -2.23. The first kappa shape index (κ1) is 18.3. The molecule has 0 rings (SSSR count). The van der Waals surface area contributed by atoms with Crippen LogP contribution in [-0.4, -0.2) is 56.6 Å². The first-order valence-electron chi connectivity index (χ1n) is 6.38. The van der Waals surface area contributed by atoms with Crippen LogP contribution in [0, 0.1) is 0 Å². The fourth-order valence-electron chi connectivity index (χ4n) is 1.57. The molecule has 0 fully saturated rings. The van der Waals surface area contributed by atoms with E-state index in [9.17, 15) is 13.2 Å². The number of hydrogen-bond acceptors (Lipinski definition) is 4. The summed E-state index contributed by atoms with van der Waals surface area (Å²) < 4.78 is 32.5. The zero-order valence-corrected chi connectivity index (χ0v) is 12.6. The van der Waals surface area contributed by atoms with Gasteiger partial charge in [-0.3, -0.25) is 4.79 Å². The van der Waals surface area contributed by atoms with Gasteiger partial charge in [-0.05, 0) is 19.3 Å². The summed E-state index contributed by atoms with van der Waals surface area (Å²) in [5.41, 5.74) is 0. The van der Waals surface area contributed by atoms with Gasteiger partial charge in [-0.15, -0.1) is 0 Å². The average Bonchev–Trinajstić information content (AvgIpc) is 2.33. The van der Waals surface area contributed by atoms with Crippen molar-refractivity contribution in [2.45, 2.75) is 39.2 Å². The molecule has 0 bridgehead atoms. The Kier molecular flexibility index (Phi) is 8.90. The van der Waals surface area contributed by atoms with Crippen LogP contribution in [0.5, 0.6) is 0 Å². The van der Waals surface area contributed by atoms with Gasteiger partial charge in [0.15, 0.2) is 0 Å². The number of nitrogens with one attached hydrogen (secondary N) is 1. The molecule has 0 aromatic carbocycles. The van der Waals surface area contributed by atoms with Crippen molar-refractivity contribution < 1.29 is 23.1 Å². The summed E-state index contributed by atoms with van der Waals surface area (Å²) in [6.45, 7) is 4.68. The molecule has 0 saturated heterocycles. The van der Waals surface area contributed by atoms with Gasteiger partial charge < -0.3 is 9.84 Å². The van der Waals surface area contributed by atoms with Crippen molar-refractivity contribution in [1.82, 2.24) is 9.03 Å². The van der Waals surface area contributed by atoms with Crippen LogP contribution in [0.4, 0.5) is 0 Å². The molecule has 0 radical (unpaired) electrons. The quantitative estimate of drug-likeness (QED) is 0.576. The summed E-state index contributed by atoms with van der Waals surface area (Å²) in [5.74, 6) is -1.20. The van der Waals surface area contributed by atoms with E-state index in [1.165, 1.54) is 11.4 Å². The number of ether oxygens (including phenoxy) is 1. The second kappa shape index (κ2) is 9.24. The van der Waals surface area contributed by atoms with Crippen LogP contribution in [0.1, 0.15) is 33.1 Å². The zero-order chi connectivity index (χ0) is 14.9. The Morgan fingerprint density at radius 1 is 1.32 bits per heavy atom. The van der Waals surface area contributed by atoms with Gasteiger partial charge in [-0.1, -0.05) is 13.8 Å². The van der Waals surface area contributed by atoms with Crippen molar-refractivity contribution in [3.8, 4) is 0 Å². The number of carbonyl (C=O) groups is 1. The van der Waals surface area contributed by atoms with Crippen molar-refractivity contribution in [3.63, 3.8) is 0 Å². The third kappa shape index (κ3) is 6.86. The largest absolute Gasteiger partial charge is 0.480 e. The first-order chi connectivity index (χ1) is 8.88. The fourth-order valence-corrected chi connectivity index (χ4v) is 3.15. The Bertz CT molecular complexity index is 352. The third-order valence-corrected chi connectivity index (χ3v) is 4.11. The van der Waals surface area contributed by atoms with Crippen LogP contribution in [0.15, 0.2) is 0 Å². The minimum atomic E-state index is -3.77. The number of methoxy groups -OCH3 is 1. The molecule has 0 aliphatic rings. The molecule has 0 aromatic rings. The van der Waals surface area contributed by atoms with E-state index in [2.05, 4.69) is 4.72 Å². The van der Waals surface area contributed by atoms with E-state index in [0.717, 1.165) is 0 Å². The molecule has 2 N–H and O–H groups in total. The van der Waals surface area contributed by atoms with Crippen molar-refractivity contribution >= 4 is 16.2 Å².